The Labute approximate surface area is 165 Å². The van der Waals surface area contributed by atoms with E-state index in [-0.39, 0.29) is 5.75 Å². The summed E-state index contributed by atoms with van der Waals surface area (Å²) in [5.41, 5.74) is 3.55. The molecule has 2 N–H and O–H groups in total. The van der Waals surface area contributed by atoms with Crippen molar-refractivity contribution in [1.29, 1.82) is 0 Å². The molecule has 2 rings (SSSR count). The van der Waals surface area contributed by atoms with Crippen molar-refractivity contribution in [3.05, 3.63) is 17.7 Å². The number of nitrogens with one attached hydrogen (secondary N) is 2. The van der Waals surface area contributed by atoms with Gasteiger partial charge in [0.1, 0.15) is 0 Å². The lowest BCUT2D eigenvalue weighted by atomic mass is 9.86. The lowest BCUT2D eigenvalue weighted by Gasteiger charge is -2.30. The molecule has 0 unspecified atom stereocenters. The number of methoxy groups -OCH3 is 2. The smallest absolute Gasteiger partial charge is 0.308 e. The molecule has 8 heteroatoms. The van der Waals surface area contributed by atoms with E-state index in [0.29, 0.717) is 34.1 Å². The molecule has 2 atom stereocenters. The first-order chi connectivity index (χ1) is 12.9. The number of ether oxygens (including phenoxy) is 3. The molecule has 1 aromatic rings. The average Bonchev–Trinajstić information content (AvgIpc) is 2.64. The largest absolute Gasteiger partial charge is 0.493 e. The Hall–Kier alpha value is -2.35. The number of rotatable bonds is 6. The SMILES string of the molecule is COc1cc(/C=N\NC(=S)N[C@H]2CCCC[C@@H]2C)cc(OC)c1OC(C)=O. The van der Waals surface area contributed by atoms with Crippen LogP contribution in [0.15, 0.2) is 17.2 Å². The highest BCUT2D eigenvalue weighted by Crippen LogP contribution is 2.38. The second kappa shape index (κ2) is 10.1. The number of benzene rings is 1. The molecular weight excluding hydrogens is 366 g/mol. The quantitative estimate of drug-likeness (QED) is 0.253. The minimum Gasteiger partial charge on any atom is -0.493 e. The molecule has 0 aromatic heterocycles. The first-order valence-corrected chi connectivity index (χ1v) is 9.39. The van der Waals surface area contributed by atoms with Crippen LogP contribution in [-0.4, -0.2) is 37.6 Å². The van der Waals surface area contributed by atoms with Gasteiger partial charge < -0.3 is 19.5 Å². The van der Waals surface area contributed by atoms with Crippen molar-refractivity contribution in [2.24, 2.45) is 11.0 Å². The van der Waals surface area contributed by atoms with Crippen LogP contribution in [0, 0.1) is 5.92 Å². The van der Waals surface area contributed by atoms with Gasteiger partial charge >= 0.3 is 5.97 Å². The molecule has 0 aliphatic heterocycles. The van der Waals surface area contributed by atoms with E-state index >= 15 is 0 Å². The zero-order chi connectivity index (χ0) is 19.8. The number of nitrogens with zero attached hydrogens (tertiary/aromatic N) is 1. The molecule has 0 saturated heterocycles. The van der Waals surface area contributed by atoms with Gasteiger partial charge in [0.15, 0.2) is 16.6 Å². The van der Waals surface area contributed by atoms with Gasteiger partial charge in [-0.2, -0.15) is 5.10 Å². The van der Waals surface area contributed by atoms with E-state index in [9.17, 15) is 4.79 Å². The Bertz CT molecular complexity index is 683. The van der Waals surface area contributed by atoms with Gasteiger partial charge in [0.2, 0.25) is 5.75 Å². The van der Waals surface area contributed by atoms with Crippen LogP contribution in [0.2, 0.25) is 0 Å². The minimum absolute atomic E-state index is 0.237. The molecule has 0 spiro atoms. The van der Waals surface area contributed by atoms with Gasteiger partial charge in [-0.15, -0.1) is 0 Å². The van der Waals surface area contributed by atoms with Crippen LogP contribution in [0.3, 0.4) is 0 Å². The van der Waals surface area contributed by atoms with E-state index < -0.39 is 5.97 Å². The van der Waals surface area contributed by atoms with Crippen LogP contribution in [0.5, 0.6) is 17.2 Å². The third-order valence-electron chi connectivity index (χ3n) is 4.54. The number of esters is 1. The van der Waals surface area contributed by atoms with Crippen LogP contribution >= 0.6 is 12.2 Å². The molecule has 0 amide bonds. The van der Waals surface area contributed by atoms with Crippen LogP contribution in [-0.2, 0) is 4.79 Å². The van der Waals surface area contributed by atoms with E-state index in [2.05, 4.69) is 22.8 Å². The fourth-order valence-electron chi connectivity index (χ4n) is 3.12. The monoisotopic (exact) mass is 393 g/mol. The first kappa shape index (κ1) is 21.0. The maximum absolute atomic E-state index is 11.3. The van der Waals surface area contributed by atoms with Crippen LogP contribution in [0.4, 0.5) is 0 Å². The summed E-state index contributed by atoms with van der Waals surface area (Å²) in [4.78, 5) is 11.3. The summed E-state index contributed by atoms with van der Waals surface area (Å²) >= 11 is 5.33. The molecule has 1 saturated carbocycles. The van der Waals surface area contributed by atoms with Crippen LogP contribution in [0.25, 0.3) is 0 Å². The predicted octanol–water partition coefficient (Wildman–Crippen LogP) is 3.01. The standard InChI is InChI=1S/C19H27N3O4S/c1-12-7-5-6-8-15(12)21-19(27)22-20-11-14-9-16(24-3)18(26-13(2)23)17(10-14)25-4/h9-12,15H,5-8H2,1-4H3,(H2,21,22,27)/b20-11-/t12-,15-/m0/s1. The average molecular weight is 394 g/mol. The summed E-state index contributed by atoms with van der Waals surface area (Å²) in [6.45, 7) is 3.56. The van der Waals surface area contributed by atoms with Crippen LogP contribution in [0.1, 0.15) is 45.1 Å². The maximum atomic E-state index is 11.3. The predicted molar refractivity (Wildman–Crippen MR) is 109 cm³/mol. The molecule has 0 bridgehead atoms. The molecule has 0 radical (unpaired) electrons. The van der Waals surface area contributed by atoms with Crippen molar-refractivity contribution in [2.75, 3.05) is 14.2 Å². The topological polar surface area (TPSA) is 81.2 Å². The van der Waals surface area contributed by atoms with Gasteiger partial charge in [-0.3, -0.25) is 10.2 Å². The molecule has 1 fully saturated rings. The molecule has 0 heterocycles. The number of carbonyl (C=O) groups excluding carboxylic acids is 1. The van der Waals surface area contributed by atoms with Gasteiger partial charge in [-0.05, 0) is 43.1 Å². The lowest BCUT2D eigenvalue weighted by Crippen LogP contribution is -2.44. The van der Waals surface area contributed by atoms with Crippen molar-refractivity contribution >= 4 is 29.5 Å². The maximum Gasteiger partial charge on any atom is 0.308 e. The number of hydrogen-bond acceptors (Lipinski definition) is 6. The zero-order valence-corrected chi connectivity index (χ0v) is 17.0. The van der Waals surface area contributed by atoms with E-state index in [4.69, 9.17) is 26.4 Å². The Morgan fingerprint density at radius 3 is 2.41 bits per heavy atom. The van der Waals surface area contributed by atoms with Gasteiger partial charge in [0.05, 0.1) is 20.4 Å². The number of carbonyl (C=O) groups is 1. The van der Waals surface area contributed by atoms with Gasteiger partial charge in [0.25, 0.3) is 0 Å². The summed E-state index contributed by atoms with van der Waals surface area (Å²) in [5.74, 6) is 1.14. The number of hydrogen-bond donors (Lipinski definition) is 2. The highest BCUT2D eigenvalue weighted by atomic mass is 32.1. The minimum atomic E-state index is -0.456. The second-order valence-corrected chi connectivity index (χ2v) is 6.97. The summed E-state index contributed by atoms with van der Waals surface area (Å²) in [5, 5.41) is 8.01. The summed E-state index contributed by atoms with van der Waals surface area (Å²) in [7, 11) is 2.98. The fourth-order valence-corrected chi connectivity index (χ4v) is 3.32. The second-order valence-electron chi connectivity index (χ2n) is 6.56. The van der Waals surface area contributed by atoms with E-state index in [1.807, 2.05) is 0 Å². The van der Waals surface area contributed by atoms with Crippen molar-refractivity contribution < 1.29 is 19.0 Å². The molecule has 148 valence electrons. The highest BCUT2D eigenvalue weighted by molar-refractivity contribution is 7.80. The first-order valence-electron chi connectivity index (χ1n) is 8.98. The molecule has 1 aliphatic carbocycles. The zero-order valence-electron chi connectivity index (χ0n) is 16.2. The molecule has 27 heavy (non-hydrogen) atoms. The number of hydrazone groups is 1. The Morgan fingerprint density at radius 2 is 1.85 bits per heavy atom. The van der Waals surface area contributed by atoms with Gasteiger partial charge in [-0.25, -0.2) is 0 Å². The van der Waals surface area contributed by atoms with Crippen molar-refractivity contribution in [3.8, 4) is 17.2 Å². The van der Waals surface area contributed by atoms with Gasteiger partial charge in [-0.1, -0.05) is 19.8 Å². The Morgan fingerprint density at radius 1 is 1.22 bits per heavy atom. The van der Waals surface area contributed by atoms with E-state index in [1.54, 1.807) is 18.3 Å². The van der Waals surface area contributed by atoms with Crippen LogP contribution < -0.4 is 25.0 Å². The molecule has 7 nitrogen and oxygen atoms in total. The Kier molecular flexibility index (Phi) is 7.84. The lowest BCUT2D eigenvalue weighted by molar-refractivity contribution is -0.132. The Balaban J connectivity index is 2.03. The summed E-state index contributed by atoms with van der Waals surface area (Å²) < 4.78 is 15.8. The molecule has 1 aromatic carbocycles. The summed E-state index contributed by atoms with van der Waals surface area (Å²) in [6, 6.07) is 3.79. The van der Waals surface area contributed by atoms with Crippen molar-refractivity contribution in [2.45, 2.75) is 45.6 Å². The van der Waals surface area contributed by atoms with Crippen molar-refractivity contribution in [1.82, 2.24) is 10.7 Å². The van der Waals surface area contributed by atoms with Gasteiger partial charge in [0, 0.05) is 18.5 Å². The van der Waals surface area contributed by atoms with Crippen molar-refractivity contribution in [3.63, 3.8) is 0 Å². The van der Waals surface area contributed by atoms with E-state index in [1.165, 1.54) is 40.4 Å². The fraction of sp³-hybridized carbons (Fsp3) is 0.526. The molecule has 1 aliphatic rings. The third kappa shape index (κ3) is 6.09. The highest BCUT2D eigenvalue weighted by Gasteiger charge is 2.21. The third-order valence-corrected chi connectivity index (χ3v) is 4.75. The summed E-state index contributed by atoms with van der Waals surface area (Å²) in [6.07, 6.45) is 6.45. The molecular formula is C19H27N3O4S. The normalized spacial score (nSPS) is 19.4. The van der Waals surface area contributed by atoms with E-state index in [0.717, 1.165) is 6.42 Å². The number of thiocarbonyl (C=S) groups is 1.